The number of ether oxygens (including phenoxy) is 1. The summed E-state index contributed by atoms with van der Waals surface area (Å²) < 4.78 is 5.48. The Bertz CT molecular complexity index is 529. The van der Waals surface area contributed by atoms with E-state index in [-0.39, 0.29) is 11.2 Å². The van der Waals surface area contributed by atoms with Crippen LogP contribution in [0.3, 0.4) is 0 Å². The second-order valence-corrected chi connectivity index (χ2v) is 7.23. The van der Waals surface area contributed by atoms with Crippen LogP contribution in [0.5, 0.6) is 0 Å². The Labute approximate surface area is 145 Å². The summed E-state index contributed by atoms with van der Waals surface area (Å²) >= 11 is 0. The van der Waals surface area contributed by atoms with Crippen molar-refractivity contribution >= 4 is 11.5 Å². The molecule has 0 saturated carbocycles. The number of nitrogens with zero attached hydrogens (tertiary/aromatic N) is 2. The van der Waals surface area contributed by atoms with E-state index in [1.54, 1.807) is 6.08 Å². The summed E-state index contributed by atoms with van der Waals surface area (Å²) in [6.07, 6.45) is 4.77. The fourth-order valence-corrected chi connectivity index (χ4v) is 3.34. The molecule has 0 aromatic rings. The van der Waals surface area contributed by atoms with Gasteiger partial charge in [0.15, 0.2) is 5.78 Å². The second-order valence-electron chi connectivity index (χ2n) is 7.23. The summed E-state index contributed by atoms with van der Waals surface area (Å²) in [5, 5.41) is 4.28. The summed E-state index contributed by atoms with van der Waals surface area (Å²) in [6.45, 7) is 13.5. The molecule has 2 rings (SSSR count). The number of rotatable bonds is 7. The standard InChI is InChI=1S/C19H30N2O3/c1-5-7-15(20-24-10-6-2)18-16(21-8-11-23-12-9-21)13-19(3,4)14-17(18)22/h6H,2,5,7-14H2,1,3-4H3/b20-15+. The van der Waals surface area contributed by atoms with E-state index in [0.717, 1.165) is 49.3 Å². The number of carbonyl (C=O) groups is 1. The van der Waals surface area contributed by atoms with Crippen LogP contribution in [-0.2, 0) is 14.4 Å². The molecule has 1 aliphatic carbocycles. The lowest BCUT2D eigenvalue weighted by Crippen LogP contribution is -2.41. The van der Waals surface area contributed by atoms with Gasteiger partial charge in [0.25, 0.3) is 0 Å². The lowest BCUT2D eigenvalue weighted by Gasteiger charge is -2.40. The molecular weight excluding hydrogens is 304 g/mol. The summed E-state index contributed by atoms with van der Waals surface area (Å²) in [5.74, 6) is 0.183. The molecule has 0 spiro atoms. The van der Waals surface area contributed by atoms with Gasteiger partial charge in [-0.15, -0.1) is 0 Å². The third-order valence-corrected chi connectivity index (χ3v) is 4.39. The molecule has 0 N–H and O–H groups in total. The van der Waals surface area contributed by atoms with Crippen LogP contribution in [0.15, 0.2) is 29.1 Å². The van der Waals surface area contributed by atoms with Gasteiger partial charge in [-0.25, -0.2) is 0 Å². The van der Waals surface area contributed by atoms with Crippen molar-refractivity contribution in [2.75, 3.05) is 32.9 Å². The van der Waals surface area contributed by atoms with E-state index in [0.29, 0.717) is 26.2 Å². The highest BCUT2D eigenvalue weighted by molar-refractivity contribution is 6.23. The number of oxime groups is 1. The van der Waals surface area contributed by atoms with Gasteiger partial charge < -0.3 is 14.5 Å². The molecule has 0 radical (unpaired) electrons. The average molecular weight is 334 g/mol. The van der Waals surface area contributed by atoms with Crippen molar-refractivity contribution in [3.05, 3.63) is 23.9 Å². The number of morpholine rings is 1. The maximum Gasteiger partial charge on any atom is 0.167 e. The van der Waals surface area contributed by atoms with E-state index < -0.39 is 0 Å². The fourth-order valence-electron chi connectivity index (χ4n) is 3.34. The SMILES string of the molecule is C=CCO/N=C(\CCC)C1=C(N2CCOCC2)CC(C)(C)CC1=O. The first kappa shape index (κ1) is 18.7. The zero-order valence-electron chi connectivity index (χ0n) is 15.3. The van der Waals surface area contributed by atoms with Crippen molar-refractivity contribution < 1.29 is 14.4 Å². The molecule has 0 amide bonds. The van der Waals surface area contributed by atoms with Gasteiger partial charge in [0.05, 0.1) is 24.5 Å². The monoisotopic (exact) mass is 334 g/mol. The topological polar surface area (TPSA) is 51.1 Å². The molecule has 0 unspecified atom stereocenters. The number of carbonyl (C=O) groups excluding carboxylic acids is 1. The van der Waals surface area contributed by atoms with Crippen molar-refractivity contribution in [2.45, 2.75) is 46.5 Å². The molecule has 1 aliphatic heterocycles. The summed E-state index contributed by atoms with van der Waals surface area (Å²) in [6, 6.07) is 0. The highest BCUT2D eigenvalue weighted by atomic mass is 16.6. The van der Waals surface area contributed by atoms with Crippen LogP contribution in [0.25, 0.3) is 0 Å². The van der Waals surface area contributed by atoms with Crippen LogP contribution in [0, 0.1) is 5.41 Å². The Morgan fingerprint density at radius 3 is 2.71 bits per heavy atom. The minimum absolute atomic E-state index is 0.0203. The molecule has 5 heteroatoms. The van der Waals surface area contributed by atoms with E-state index in [9.17, 15) is 4.79 Å². The van der Waals surface area contributed by atoms with Crippen LogP contribution in [0.1, 0.15) is 46.5 Å². The first-order valence-corrected chi connectivity index (χ1v) is 8.87. The molecule has 134 valence electrons. The van der Waals surface area contributed by atoms with Gasteiger partial charge >= 0.3 is 0 Å². The van der Waals surface area contributed by atoms with Crippen molar-refractivity contribution in [3.63, 3.8) is 0 Å². The molecule has 2 aliphatic rings. The number of hydrogen-bond acceptors (Lipinski definition) is 5. The Kier molecular flexibility index (Phi) is 6.60. The molecular formula is C19H30N2O3. The van der Waals surface area contributed by atoms with E-state index >= 15 is 0 Å². The van der Waals surface area contributed by atoms with Gasteiger partial charge in [-0.2, -0.15) is 0 Å². The first-order valence-electron chi connectivity index (χ1n) is 8.87. The van der Waals surface area contributed by atoms with Gasteiger partial charge in [0, 0.05) is 25.2 Å². The van der Waals surface area contributed by atoms with Crippen molar-refractivity contribution in [1.29, 1.82) is 0 Å². The quantitative estimate of drug-likeness (QED) is 0.310. The van der Waals surface area contributed by atoms with Crippen LogP contribution >= 0.6 is 0 Å². The molecule has 1 heterocycles. The maximum absolute atomic E-state index is 12.9. The Hall–Kier alpha value is -1.62. The molecule has 0 aromatic carbocycles. The lowest BCUT2D eigenvalue weighted by atomic mass is 9.74. The molecule has 1 fully saturated rings. The Morgan fingerprint density at radius 1 is 1.38 bits per heavy atom. The zero-order valence-corrected chi connectivity index (χ0v) is 15.3. The van der Waals surface area contributed by atoms with Crippen molar-refractivity contribution in [3.8, 4) is 0 Å². The number of hydrogen-bond donors (Lipinski definition) is 0. The van der Waals surface area contributed by atoms with Crippen molar-refractivity contribution in [2.24, 2.45) is 10.6 Å². The minimum Gasteiger partial charge on any atom is -0.391 e. The summed E-state index contributed by atoms with van der Waals surface area (Å²) in [4.78, 5) is 20.6. The van der Waals surface area contributed by atoms with Gasteiger partial charge in [-0.05, 0) is 18.3 Å². The molecule has 0 atom stereocenters. The second kappa shape index (κ2) is 8.47. The van der Waals surface area contributed by atoms with Crippen LogP contribution < -0.4 is 0 Å². The average Bonchev–Trinajstić information content (AvgIpc) is 2.54. The summed E-state index contributed by atoms with van der Waals surface area (Å²) in [7, 11) is 0. The van der Waals surface area contributed by atoms with Gasteiger partial charge in [0.2, 0.25) is 0 Å². The van der Waals surface area contributed by atoms with Crippen LogP contribution in [0.4, 0.5) is 0 Å². The third kappa shape index (κ3) is 4.69. The molecule has 24 heavy (non-hydrogen) atoms. The van der Waals surface area contributed by atoms with E-state index in [2.05, 4.69) is 37.4 Å². The number of Topliss-reactive ketones (excluding diaryl/α,β-unsaturated/α-hetero) is 1. The minimum atomic E-state index is -0.0203. The molecule has 0 bridgehead atoms. The molecule has 0 aromatic heterocycles. The Morgan fingerprint density at radius 2 is 2.08 bits per heavy atom. The molecule has 1 saturated heterocycles. The smallest absolute Gasteiger partial charge is 0.167 e. The normalized spacial score (nSPS) is 21.9. The lowest BCUT2D eigenvalue weighted by molar-refractivity contribution is -0.118. The van der Waals surface area contributed by atoms with Crippen molar-refractivity contribution in [1.82, 2.24) is 4.90 Å². The predicted molar refractivity (Wildman–Crippen MR) is 95.9 cm³/mol. The molecule has 5 nitrogen and oxygen atoms in total. The third-order valence-electron chi connectivity index (χ3n) is 4.39. The zero-order chi connectivity index (χ0) is 17.6. The van der Waals surface area contributed by atoms with Crippen LogP contribution in [0.2, 0.25) is 0 Å². The largest absolute Gasteiger partial charge is 0.391 e. The fraction of sp³-hybridized carbons (Fsp3) is 0.684. The van der Waals surface area contributed by atoms with Gasteiger partial charge in [-0.1, -0.05) is 45.0 Å². The number of ketones is 1. The Balaban J connectivity index is 2.42. The van der Waals surface area contributed by atoms with E-state index in [1.807, 2.05) is 0 Å². The van der Waals surface area contributed by atoms with E-state index in [1.165, 1.54) is 0 Å². The van der Waals surface area contributed by atoms with E-state index in [4.69, 9.17) is 9.57 Å². The van der Waals surface area contributed by atoms with Crippen LogP contribution in [-0.4, -0.2) is 49.3 Å². The van der Waals surface area contributed by atoms with Gasteiger partial charge in [0.1, 0.15) is 6.61 Å². The number of allylic oxidation sites excluding steroid dienone is 2. The summed E-state index contributed by atoms with van der Waals surface area (Å²) in [5.41, 5.74) is 2.66. The highest BCUT2D eigenvalue weighted by Crippen LogP contribution is 2.39. The van der Waals surface area contributed by atoms with Gasteiger partial charge in [-0.3, -0.25) is 4.79 Å². The maximum atomic E-state index is 12.9. The predicted octanol–water partition coefficient (Wildman–Crippen LogP) is 3.32. The first-order chi connectivity index (χ1) is 11.5. The highest BCUT2D eigenvalue weighted by Gasteiger charge is 2.37.